The van der Waals surface area contributed by atoms with Crippen LogP contribution in [0.5, 0.6) is 5.75 Å². The zero-order chi connectivity index (χ0) is 17.9. The fourth-order valence-electron chi connectivity index (χ4n) is 2.28. The Balaban J connectivity index is 1.93. The number of nitrogens with zero attached hydrogens (tertiary/aromatic N) is 1. The van der Waals surface area contributed by atoms with Crippen LogP contribution in [0.1, 0.15) is 6.42 Å². The Morgan fingerprint density at radius 1 is 1.33 bits per heavy atom. The third-order valence-electron chi connectivity index (χ3n) is 3.38. The van der Waals surface area contributed by atoms with Gasteiger partial charge in [-0.1, -0.05) is 0 Å². The highest BCUT2D eigenvalue weighted by Crippen LogP contribution is 2.31. The lowest BCUT2D eigenvalue weighted by Gasteiger charge is -2.20. The third kappa shape index (κ3) is 4.28. The molecule has 2 atom stereocenters. The molecular weight excluding hydrogens is 348 g/mol. The lowest BCUT2D eigenvalue weighted by atomic mass is 10.0. The fraction of sp³-hybridized carbons (Fsp3) is 0.357. The van der Waals surface area contributed by atoms with E-state index < -0.39 is 54.4 Å². The Kier molecular flexibility index (Phi) is 5.17. The highest BCUT2D eigenvalue weighted by Gasteiger charge is 2.50. The molecule has 2 rings (SSSR count). The van der Waals surface area contributed by atoms with Gasteiger partial charge in [-0.25, -0.2) is 18.4 Å². The Hall–Kier alpha value is -2.49. The molecule has 0 aromatic heterocycles. The van der Waals surface area contributed by atoms with Crippen LogP contribution in [-0.4, -0.2) is 57.3 Å². The molecule has 0 unspecified atom stereocenters. The SMILES string of the molecule is O=C(O)[C@@H]1C[C@](F)(COC(=S)Oc2ccc(F)cc2)CN1C(=O)O. The molecule has 0 saturated carbocycles. The van der Waals surface area contributed by atoms with Gasteiger partial charge in [0.1, 0.15) is 24.2 Å². The molecule has 24 heavy (non-hydrogen) atoms. The van der Waals surface area contributed by atoms with E-state index in [-0.39, 0.29) is 5.75 Å². The Morgan fingerprint density at radius 2 is 1.96 bits per heavy atom. The predicted octanol–water partition coefficient (Wildman–Crippen LogP) is 2.05. The van der Waals surface area contributed by atoms with Crippen LogP contribution in [0.2, 0.25) is 0 Å². The van der Waals surface area contributed by atoms with Crippen LogP contribution in [-0.2, 0) is 9.53 Å². The lowest BCUT2D eigenvalue weighted by Crippen LogP contribution is -2.40. The van der Waals surface area contributed by atoms with Crippen LogP contribution >= 0.6 is 12.2 Å². The zero-order valence-electron chi connectivity index (χ0n) is 12.1. The largest absolute Gasteiger partial charge is 0.480 e. The molecule has 1 heterocycles. The molecule has 7 nitrogen and oxygen atoms in total. The number of hydrogen-bond acceptors (Lipinski definition) is 5. The summed E-state index contributed by atoms with van der Waals surface area (Å²) in [4.78, 5) is 22.5. The second-order valence-electron chi connectivity index (χ2n) is 5.21. The summed E-state index contributed by atoms with van der Waals surface area (Å²) in [6, 6.07) is 3.35. The molecule has 0 aliphatic carbocycles. The van der Waals surface area contributed by atoms with Gasteiger partial charge in [0, 0.05) is 18.6 Å². The van der Waals surface area contributed by atoms with E-state index in [1.165, 1.54) is 12.1 Å². The quantitative estimate of drug-likeness (QED) is 0.792. The number of thiocarbonyl (C=S) groups is 1. The topological polar surface area (TPSA) is 96.3 Å². The summed E-state index contributed by atoms with van der Waals surface area (Å²) in [6.45, 7) is -1.32. The summed E-state index contributed by atoms with van der Waals surface area (Å²) in [5.74, 6) is -1.74. The maximum atomic E-state index is 14.6. The van der Waals surface area contributed by atoms with Gasteiger partial charge in [-0.05, 0) is 24.3 Å². The van der Waals surface area contributed by atoms with Crippen LogP contribution < -0.4 is 4.74 Å². The number of hydrogen-bond donors (Lipinski definition) is 2. The molecule has 10 heteroatoms. The van der Waals surface area contributed by atoms with Crippen molar-refractivity contribution in [3.63, 3.8) is 0 Å². The summed E-state index contributed by atoms with van der Waals surface area (Å²) in [7, 11) is 0. The van der Waals surface area contributed by atoms with Gasteiger partial charge in [-0.15, -0.1) is 0 Å². The first-order chi connectivity index (χ1) is 11.2. The standard InChI is InChI=1S/C14H13F2NO6S/c15-8-1-3-9(4-2-8)23-13(24)22-7-14(16)5-10(11(18)19)17(6-14)12(20)21/h1-4,10H,5-7H2,(H,18,19)(H,20,21)/t10-,14+/m0/s1. The summed E-state index contributed by atoms with van der Waals surface area (Å²) in [5.41, 5.74) is -2.21. The Bertz CT molecular complexity index is 631. The van der Waals surface area contributed by atoms with Gasteiger partial charge in [0.2, 0.25) is 0 Å². The zero-order valence-corrected chi connectivity index (χ0v) is 13.0. The number of carboxylic acids is 1. The van der Waals surface area contributed by atoms with Crippen molar-refractivity contribution in [1.29, 1.82) is 0 Å². The lowest BCUT2D eigenvalue weighted by molar-refractivity contribution is -0.141. The van der Waals surface area contributed by atoms with Gasteiger partial charge < -0.3 is 19.7 Å². The first kappa shape index (κ1) is 17.9. The van der Waals surface area contributed by atoms with Crippen molar-refractivity contribution in [2.45, 2.75) is 18.1 Å². The minimum atomic E-state index is -2.21. The van der Waals surface area contributed by atoms with Gasteiger partial charge in [0.25, 0.3) is 0 Å². The number of halogens is 2. The summed E-state index contributed by atoms with van der Waals surface area (Å²) < 4.78 is 37.4. The van der Waals surface area contributed by atoms with E-state index in [1.807, 2.05) is 0 Å². The van der Waals surface area contributed by atoms with Crippen LogP contribution in [0, 0.1) is 5.82 Å². The van der Waals surface area contributed by atoms with E-state index in [0.717, 1.165) is 12.1 Å². The minimum absolute atomic E-state index is 0.177. The molecule has 130 valence electrons. The van der Waals surface area contributed by atoms with Crippen molar-refractivity contribution in [3.05, 3.63) is 30.1 Å². The number of alkyl halides is 1. The van der Waals surface area contributed by atoms with E-state index in [4.69, 9.17) is 31.9 Å². The molecule has 0 bridgehead atoms. The van der Waals surface area contributed by atoms with Crippen LogP contribution in [0.15, 0.2) is 24.3 Å². The van der Waals surface area contributed by atoms with Crippen LogP contribution in [0.25, 0.3) is 0 Å². The van der Waals surface area contributed by atoms with Crippen molar-refractivity contribution < 1.29 is 38.1 Å². The minimum Gasteiger partial charge on any atom is -0.480 e. The highest BCUT2D eigenvalue weighted by atomic mass is 32.1. The number of amides is 1. The van der Waals surface area contributed by atoms with E-state index in [2.05, 4.69) is 0 Å². The second kappa shape index (κ2) is 6.95. The molecule has 1 aliphatic rings. The Morgan fingerprint density at radius 3 is 2.46 bits per heavy atom. The maximum Gasteiger partial charge on any atom is 0.408 e. The van der Waals surface area contributed by atoms with Crippen molar-refractivity contribution in [1.82, 2.24) is 4.90 Å². The van der Waals surface area contributed by atoms with E-state index >= 15 is 0 Å². The molecular formula is C14H13F2NO6S. The fourth-order valence-corrected chi connectivity index (χ4v) is 2.43. The number of benzene rings is 1. The smallest absolute Gasteiger partial charge is 0.408 e. The van der Waals surface area contributed by atoms with Gasteiger partial charge in [-0.3, -0.25) is 4.90 Å². The normalized spacial score (nSPS) is 22.9. The first-order valence-corrected chi connectivity index (χ1v) is 7.12. The van der Waals surface area contributed by atoms with Gasteiger partial charge in [-0.2, -0.15) is 0 Å². The number of rotatable bonds is 4. The number of carbonyl (C=O) groups is 2. The number of carboxylic acid groups (broad SMARTS) is 2. The molecule has 0 radical (unpaired) electrons. The van der Waals surface area contributed by atoms with E-state index in [0.29, 0.717) is 4.90 Å². The van der Waals surface area contributed by atoms with Crippen LogP contribution in [0.4, 0.5) is 13.6 Å². The van der Waals surface area contributed by atoms with Crippen molar-refractivity contribution >= 4 is 29.5 Å². The Labute approximate surface area is 140 Å². The molecule has 1 aromatic carbocycles. The maximum absolute atomic E-state index is 14.6. The summed E-state index contributed by atoms with van der Waals surface area (Å²) >= 11 is 4.76. The van der Waals surface area contributed by atoms with Crippen LogP contribution in [0.3, 0.4) is 0 Å². The third-order valence-corrected chi connectivity index (χ3v) is 3.58. The van der Waals surface area contributed by atoms with E-state index in [9.17, 15) is 18.4 Å². The van der Waals surface area contributed by atoms with Gasteiger partial charge >= 0.3 is 17.3 Å². The van der Waals surface area contributed by atoms with E-state index in [1.54, 1.807) is 0 Å². The highest BCUT2D eigenvalue weighted by molar-refractivity contribution is 7.79. The summed E-state index contributed by atoms with van der Waals surface area (Å²) in [6.07, 6.45) is -2.10. The molecule has 1 saturated heterocycles. The van der Waals surface area contributed by atoms with Crippen molar-refractivity contribution in [2.24, 2.45) is 0 Å². The first-order valence-electron chi connectivity index (χ1n) is 6.72. The van der Waals surface area contributed by atoms with Crippen molar-refractivity contribution in [2.75, 3.05) is 13.2 Å². The van der Waals surface area contributed by atoms with Gasteiger partial charge in [0.15, 0.2) is 5.67 Å². The van der Waals surface area contributed by atoms with Crippen molar-refractivity contribution in [3.8, 4) is 5.75 Å². The molecule has 2 N–H and O–H groups in total. The predicted molar refractivity (Wildman–Crippen MR) is 80.2 cm³/mol. The molecule has 1 aliphatic heterocycles. The summed E-state index contributed by atoms with van der Waals surface area (Å²) in [5, 5.41) is 17.5. The molecule has 1 fully saturated rings. The number of likely N-dealkylation sites (tertiary alicyclic amines) is 1. The molecule has 1 aromatic rings. The molecule has 0 spiro atoms. The van der Waals surface area contributed by atoms with Gasteiger partial charge in [0.05, 0.1) is 6.54 Å². The number of aliphatic carboxylic acids is 1. The number of ether oxygens (including phenoxy) is 2. The monoisotopic (exact) mass is 361 g/mol. The average molecular weight is 361 g/mol. The molecule has 1 amide bonds. The average Bonchev–Trinajstić information content (AvgIpc) is 2.87. The second-order valence-corrected chi connectivity index (χ2v) is 5.55.